The average molecular weight is 313 g/mol. The van der Waals surface area contributed by atoms with Crippen LogP contribution in [0.15, 0.2) is 12.2 Å². The molecule has 0 bridgehead atoms. The molecule has 0 aromatic carbocycles. The van der Waals surface area contributed by atoms with Crippen molar-refractivity contribution < 1.29 is 0 Å². The second-order valence-electron chi connectivity index (χ2n) is 7.02. The Morgan fingerprint density at radius 1 is 0.913 bits per heavy atom. The van der Waals surface area contributed by atoms with Gasteiger partial charge < -0.3 is 0 Å². The number of hydrogen-bond donors (Lipinski definition) is 0. The number of rotatable bonds is 7. The summed E-state index contributed by atoms with van der Waals surface area (Å²) in [6.07, 6.45) is 18.5. The van der Waals surface area contributed by atoms with Gasteiger partial charge in [0.15, 0.2) is 0 Å². The van der Waals surface area contributed by atoms with E-state index in [0.29, 0.717) is 11.8 Å². The first-order chi connectivity index (χ1) is 11.3. The molecule has 1 fully saturated rings. The number of allylic oxidation sites excluding steroid dienone is 2. The molecule has 1 unspecified atom stereocenters. The van der Waals surface area contributed by atoms with Gasteiger partial charge in [-0.1, -0.05) is 76.6 Å². The van der Waals surface area contributed by atoms with Crippen molar-refractivity contribution in [3.8, 4) is 23.7 Å². The fourth-order valence-corrected chi connectivity index (χ4v) is 3.42. The van der Waals surface area contributed by atoms with Crippen molar-refractivity contribution in [1.82, 2.24) is 0 Å². The van der Waals surface area contributed by atoms with Crippen LogP contribution in [0, 0.1) is 41.4 Å². The van der Waals surface area contributed by atoms with E-state index in [4.69, 9.17) is 0 Å². The first kappa shape index (κ1) is 19.9. The molecule has 0 heterocycles. The molecule has 0 nitrogen and oxygen atoms in total. The second kappa shape index (κ2) is 13.3. The van der Waals surface area contributed by atoms with Crippen LogP contribution in [-0.4, -0.2) is 0 Å². The highest BCUT2D eigenvalue weighted by Crippen LogP contribution is 2.31. The van der Waals surface area contributed by atoms with Crippen LogP contribution in [0.3, 0.4) is 0 Å². The fourth-order valence-electron chi connectivity index (χ4n) is 3.42. The highest BCUT2D eigenvalue weighted by molar-refractivity contribution is 5.26. The van der Waals surface area contributed by atoms with Crippen molar-refractivity contribution in [2.24, 2.45) is 17.8 Å². The zero-order chi connectivity index (χ0) is 16.8. The zero-order valence-electron chi connectivity index (χ0n) is 15.7. The third-order valence-corrected chi connectivity index (χ3v) is 5.02. The molecule has 0 saturated heterocycles. The summed E-state index contributed by atoms with van der Waals surface area (Å²) in [6.45, 7) is 6.73. The van der Waals surface area contributed by atoms with Gasteiger partial charge in [-0.25, -0.2) is 0 Å². The molecule has 0 radical (unpaired) electrons. The molecule has 1 atom stereocenters. The van der Waals surface area contributed by atoms with Gasteiger partial charge >= 0.3 is 0 Å². The van der Waals surface area contributed by atoms with Crippen molar-refractivity contribution in [2.45, 2.75) is 91.4 Å². The quantitative estimate of drug-likeness (QED) is 0.360. The first-order valence-corrected chi connectivity index (χ1v) is 9.97. The van der Waals surface area contributed by atoms with Crippen LogP contribution in [0.2, 0.25) is 0 Å². The lowest BCUT2D eigenvalue weighted by Gasteiger charge is -2.25. The predicted molar refractivity (Wildman–Crippen MR) is 103 cm³/mol. The topological polar surface area (TPSA) is 0 Å². The Balaban J connectivity index is 2.25. The van der Waals surface area contributed by atoms with Crippen molar-refractivity contribution in [1.29, 1.82) is 0 Å². The van der Waals surface area contributed by atoms with Crippen LogP contribution in [0.1, 0.15) is 91.4 Å². The molecule has 1 aliphatic rings. The Morgan fingerprint density at radius 2 is 1.65 bits per heavy atom. The van der Waals surface area contributed by atoms with Crippen molar-refractivity contribution >= 4 is 0 Å². The third-order valence-electron chi connectivity index (χ3n) is 5.02. The highest BCUT2D eigenvalue weighted by Gasteiger charge is 2.19. The van der Waals surface area contributed by atoms with Gasteiger partial charge in [0.05, 0.1) is 0 Å². The van der Waals surface area contributed by atoms with Crippen molar-refractivity contribution in [2.75, 3.05) is 0 Å². The summed E-state index contributed by atoms with van der Waals surface area (Å²) in [5.41, 5.74) is 0. The molecule has 0 amide bonds. The molecule has 0 aliphatic heterocycles. The third kappa shape index (κ3) is 9.56. The van der Waals surface area contributed by atoms with E-state index < -0.39 is 0 Å². The van der Waals surface area contributed by atoms with E-state index in [1.54, 1.807) is 0 Å². The van der Waals surface area contributed by atoms with Crippen LogP contribution in [-0.2, 0) is 0 Å². The SMILES string of the molecule is CCCCCC1CCC(C#C/C=C/C#CC(CC)CCC)CC1. The minimum atomic E-state index is 0.556. The minimum absolute atomic E-state index is 0.556. The standard InChI is InChI=1S/C23H36/c1-4-7-10-15-22-17-19-23(20-18-22)16-12-9-8-11-14-21(6-3)13-5-2/h8-9,21-23H,4-7,10,13,15,17-20H2,1-3H3/b9-8+. The molecule has 0 spiro atoms. The lowest BCUT2D eigenvalue weighted by Crippen LogP contribution is -2.13. The maximum Gasteiger partial charge on any atom is 0.0206 e. The van der Waals surface area contributed by atoms with E-state index in [2.05, 4.69) is 44.5 Å². The van der Waals surface area contributed by atoms with E-state index in [1.807, 2.05) is 12.2 Å². The van der Waals surface area contributed by atoms with Gasteiger partial charge in [0.2, 0.25) is 0 Å². The van der Waals surface area contributed by atoms with Crippen LogP contribution < -0.4 is 0 Å². The van der Waals surface area contributed by atoms with E-state index in [1.165, 1.54) is 64.2 Å². The molecule has 128 valence electrons. The Labute approximate surface area is 145 Å². The van der Waals surface area contributed by atoms with E-state index in [0.717, 1.165) is 12.3 Å². The first-order valence-electron chi connectivity index (χ1n) is 9.97. The summed E-state index contributed by atoms with van der Waals surface area (Å²) in [5.74, 6) is 15.3. The van der Waals surface area contributed by atoms with Gasteiger partial charge in [-0.3, -0.25) is 0 Å². The van der Waals surface area contributed by atoms with Gasteiger partial charge in [0.1, 0.15) is 0 Å². The molecule has 1 rings (SSSR count). The lowest BCUT2D eigenvalue weighted by atomic mass is 9.80. The maximum atomic E-state index is 3.43. The Kier molecular flexibility index (Phi) is 11.5. The van der Waals surface area contributed by atoms with Gasteiger partial charge in [0, 0.05) is 11.8 Å². The number of unbranched alkanes of at least 4 members (excludes halogenated alkanes) is 2. The molecule has 0 aromatic heterocycles. The normalized spacial score (nSPS) is 22.0. The molecular weight excluding hydrogens is 276 g/mol. The van der Waals surface area contributed by atoms with E-state index in [-0.39, 0.29) is 0 Å². The second-order valence-corrected chi connectivity index (χ2v) is 7.02. The molecule has 0 N–H and O–H groups in total. The summed E-state index contributed by atoms with van der Waals surface area (Å²) < 4.78 is 0. The molecule has 1 aliphatic carbocycles. The van der Waals surface area contributed by atoms with Crippen LogP contribution in [0.4, 0.5) is 0 Å². The van der Waals surface area contributed by atoms with Gasteiger partial charge in [-0.05, 0) is 56.6 Å². The average Bonchev–Trinajstić information content (AvgIpc) is 2.58. The van der Waals surface area contributed by atoms with Crippen LogP contribution in [0.5, 0.6) is 0 Å². The summed E-state index contributed by atoms with van der Waals surface area (Å²) in [4.78, 5) is 0. The summed E-state index contributed by atoms with van der Waals surface area (Å²) in [5, 5.41) is 0. The summed E-state index contributed by atoms with van der Waals surface area (Å²) in [7, 11) is 0. The van der Waals surface area contributed by atoms with Crippen molar-refractivity contribution in [3.63, 3.8) is 0 Å². The van der Waals surface area contributed by atoms with Crippen LogP contribution in [0.25, 0.3) is 0 Å². The Bertz CT molecular complexity index is 426. The van der Waals surface area contributed by atoms with Crippen molar-refractivity contribution in [3.05, 3.63) is 12.2 Å². The Morgan fingerprint density at radius 3 is 2.30 bits per heavy atom. The van der Waals surface area contributed by atoms with E-state index >= 15 is 0 Å². The largest absolute Gasteiger partial charge is 0.0951 e. The molecular formula is C23H36. The lowest BCUT2D eigenvalue weighted by molar-refractivity contribution is 0.294. The summed E-state index contributed by atoms with van der Waals surface area (Å²) >= 11 is 0. The maximum absolute atomic E-state index is 3.43. The Hall–Kier alpha value is -1.14. The fraction of sp³-hybridized carbons (Fsp3) is 0.739. The van der Waals surface area contributed by atoms with E-state index in [9.17, 15) is 0 Å². The summed E-state index contributed by atoms with van der Waals surface area (Å²) in [6, 6.07) is 0. The molecule has 1 saturated carbocycles. The highest BCUT2D eigenvalue weighted by atomic mass is 14.2. The molecule has 0 aromatic rings. The zero-order valence-corrected chi connectivity index (χ0v) is 15.7. The van der Waals surface area contributed by atoms with Gasteiger partial charge in [0.25, 0.3) is 0 Å². The minimum Gasteiger partial charge on any atom is -0.0951 e. The molecule has 23 heavy (non-hydrogen) atoms. The smallest absolute Gasteiger partial charge is 0.0206 e. The number of hydrogen-bond acceptors (Lipinski definition) is 0. The molecule has 0 heteroatoms. The van der Waals surface area contributed by atoms with Gasteiger partial charge in [-0.15, -0.1) is 0 Å². The van der Waals surface area contributed by atoms with Gasteiger partial charge in [-0.2, -0.15) is 0 Å². The van der Waals surface area contributed by atoms with Crippen LogP contribution >= 0.6 is 0 Å². The predicted octanol–water partition coefficient (Wildman–Crippen LogP) is 6.76. The monoisotopic (exact) mass is 312 g/mol.